The standard InChI is InChI=1S/C11H28N2O3Si/c1-5-11(13-10-9-12)17(14-6-2,15-7-3)16-8-4/h11,13H,5-10,12H2,1-4H3. The van der Waals surface area contributed by atoms with E-state index in [0.717, 1.165) is 13.0 Å². The fraction of sp³-hybridized carbons (Fsp3) is 1.00. The molecule has 0 aliphatic heterocycles. The number of nitrogens with one attached hydrogen (secondary N) is 1. The lowest BCUT2D eigenvalue weighted by atomic mass is 10.4. The van der Waals surface area contributed by atoms with Crippen LogP contribution in [-0.2, 0) is 13.3 Å². The van der Waals surface area contributed by atoms with Crippen LogP contribution in [0, 0.1) is 0 Å². The Morgan fingerprint density at radius 3 is 1.76 bits per heavy atom. The smallest absolute Gasteiger partial charge is 0.373 e. The lowest BCUT2D eigenvalue weighted by Gasteiger charge is -2.35. The number of rotatable bonds is 11. The summed E-state index contributed by atoms with van der Waals surface area (Å²) in [6, 6.07) is 0. The molecule has 0 rings (SSSR count). The molecule has 0 aliphatic carbocycles. The van der Waals surface area contributed by atoms with Gasteiger partial charge in [0.2, 0.25) is 0 Å². The second kappa shape index (κ2) is 9.99. The van der Waals surface area contributed by atoms with E-state index >= 15 is 0 Å². The average molecular weight is 264 g/mol. The van der Waals surface area contributed by atoms with Gasteiger partial charge in [0, 0.05) is 32.9 Å². The van der Waals surface area contributed by atoms with Gasteiger partial charge in [0.05, 0.1) is 5.67 Å². The van der Waals surface area contributed by atoms with Gasteiger partial charge in [0.25, 0.3) is 0 Å². The van der Waals surface area contributed by atoms with Crippen LogP contribution in [0.25, 0.3) is 0 Å². The summed E-state index contributed by atoms with van der Waals surface area (Å²) >= 11 is 0. The molecule has 0 saturated carbocycles. The van der Waals surface area contributed by atoms with Crippen molar-refractivity contribution in [2.45, 2.75) is 39.8 Å². The van der Waals surface area contributed by atoms with E-state index in [0.29, 0.717) is 26.4 Å². The monoisotopic (exact) mass is 264 g/mol. The van der Waals surface area contributed by atoms with Crippen molar-refractivity contribution in [3.8, 4) is 0 Å². The molecule has 6 heteroatoms. The maximum absolute atomic E-state index is 5.85. The molecule has 1 unspecified atom stereocenters. The fourth-order valence-corrected chi connectivity index (χ4v) is 4.76. The Balaban J connectivity index is 4.76. The molecule has 0 aromatic rings. The third kappa shape index (κ3) is 5.46. The van der Waals surface area contributed by atoms with Crippen LogP contribution < -0.4 is 11.1 Å². The summed E-state index contributed by atoms with van der Waals surface area (Å²) in [4.78, 5) is 0. The number of hydrogen-bond donors (Lipinski definition) is 2. The lowest BCUT2D eigenvalue weighted by molar-refractivity contribution is 0.0575. The van der Waals surface area contributed by atoms with Crippen LogP contribution in [0.5, 0.6) is 0 Å². The molecule has 0 spiro atoms. The molecule has 0 fully saturated rings. The van der Waals surface area contributed by atoms with Gasteiger partial charge < -0.3 is 24.3 Å². The van der Waals surface area contributed by atoms with Crippen LogP contribution in [0.3, 0.4) is 0 Å². The van der Waals surface area contributed by atoms with Crippen LogP contribution in [0.4, 0.5) is 0 Å². The van der Waals surface area contributed by atoms with Gasteiger partial charge in [0.15, 0.2) is 0 Å². The second-order valence-corrected chi connectivity index (χ2v) is 6.38. The summed E-state index contributed by atoms with van der Waals surface area (Å²) in [5, 5.41) is 3.38. The van der Waals surface area contributed by atoms with Crippen LogP contribution in [-0.4, -0.2) is 47.4 Å². The van der Waals surface area contributed by atoms with Crippen molar-refractivity contribution in [1.82, 2.24) is 5.32 Å². The molecule has 0 radical (unpaired) electrons. The SMILES string of the molecule is CCO[Si](OCC)(OCC)C(CC)NCCN. The zero-order chi connectivity index (χ0) is 13.1. The van der Waals surface area contributed by atoms with E-state index in [1.54, 1.807) is 0 Å². The first kappa shape index (κ1) is 17.0. The van der Waals surface area contributed by atoms with E-state index in [1.807, 2.05) is 20.8 Å². The van der Waals surface area contributed by atoms with E-state index in [1.165, 1.54) is 0 Å². The van der Waals surface area contributed by atoms with Gasteiger partial charge in [-0.1, -0.05) is 6.92 Å². The minimum absolute atomic E-state index is 0.117. The van der Waals surface area contributed by atoms with Gasteiger partial charge in [-0.05, 0) is 27.2 Å². The van der Waals surface area contributed by atoms with Crippen molar-refractivity contribution in [3.63, 3.8) is 0 Å². The minimum atomic E-state index is -2.63. The molecule has 0 saturated heterocycles. The van der Waals surface area contributed by atoms with Crippen molar-refractivity contribution >= 4 is 8.80 Å². The molecule has 0 aromatic heterocycles. The molecular formula is C11H28N2O3Si. The third-order valence-electron chi connectivity index (χ3n) is 2.41. The third-order valence-corrected chi connectivity index (χ3v) is 5.95. The van der Waals surface area contributed by atoms with E-state index in [-0.39, 0.29) is 5.67 Å². The number of hydrogen-bond acceptors (Lipinski definition) is 5. The molecule has 104 valence electrons. The quantitative estimate of drug-likeness (QED) is 0.543. The van der Waals surface area contributed by atoms with Gasteiger partial charge in [-0.2, -0.15) is 0 Å². The molecule has 0 bridgehead atoms. The molecule has 17 heavy (non-hydrogen) atoms. The maximum Gasteiger partial charge on any atom is 0.518 e. The summed E-state index contributed by atoms with van der Waals surface area (Å²) in [6.07, 6.45) is 0.909. The highest BCUT2D eigenvalue weighted by atomic mass is 28.4. The predicted octanol–water partition coefficient (Wildman–Crippen LogP) is 0.901. The van der Waals surface area contributed by atoms with Gasteiger partial charge in [-0.25, -0.2) is 0 Å². The van der Waals surface area contributed by atoms with E-state index in [9.17, 15) is 0 Å². The first-order valence-corrected chi connectivity index (χ1v) is 8.36. The summed E-state index contributed by atoms with van der Waals surface area (Å²) in [6.45, 7) is 11.2. The average Bonchev–Trinajstić information content (AvgIpc) is 2.31. The van der Waals surface area contributed by atoms with Crippen molar-refractivity contribution in [2.75, 3.05) is 32.9 Å². The Labute approximate surface area is 106 Å². The van der Waals surface area contributed by atoms with Gasteiger partial charge in [-0.15, -0.1) is 0 Å². The zero-order valence-corrected chi connectivity index (χ0v) is 12.6. The highest BCUT2D eigenvalue weighted by molar-refractivity contribution is 6.62. The molecular weight excluding hydrogens is 236 g/mol. The summed E-state index contributed by atoms with van der Waals surface area (Å²) < 4.78 is 17.6. The molecule has 0 heterocycles. The largest absolute Gasteiger partial charge is 0.518 e. The van der Waals surface area contributed by atoms with E-state index in [2.05, 4.69) is 12.2 Å². The summed E-state index contributed by atoms with van der Waals surface area (Å²) in [7, 11) is -2.63. The minimum Gasteiger partial charge on any atom is -0.373 e. The first-order valence-electron chi connectivity index (χ1n) is 6.55. The van der Waals surface area contributed by atoms with Gasteiger partial charge in [-0.3, -0.25) is 0 Å². The number of nitrogens with two attached hydrogens (primary N) is 1. The van der Waals surface area contributed by atoms with E-state index in [4.69, 9.17) is 19.0 Å². The fourth-order valence-electron chi connectivity index (χ4n) is 1.81. The van der Waals surface area contributed by atoms with Gasteiger partial charge in [0.1, 0.15) is 0 Å². The van der Waals surface area contributed by atoms with Crippen molar-refractivity contribution in [1.29, 1.82) is 0 Å². The molecule has 0 aromatic carbocycles. The Bertz CT molecular complexity index is 167. The van der Waals surface area contributed by atoms with Gasteiger partial charge >= 0.3 is 8.80 Å². The molecule has 5 nitrogen and oxygen atoms in total. The molecule has 3 N–H and O–H groups in total. The molecule has 1 atom stereocenters. The van der Waals surface area contributed by atoms with Crippen LogP contribution in [0.1, 0.15) is 34.1 Å². The Morgan fingerprint density at radius 1 is 1.00 bits per heavy atom. The maximum atomic E-state index is 5.85. The highest BCUT2D eigenvalue weighted by Gasteiger charge is 2.48. The van der Waals surface area contributed by atoms with Crippen molar-refractivity contribution < 1.29 is 13.3 Å². The van der Waals surface area contributed by atoms with Crippen LogP contribution >= 0.6 is 0 Å². The second-order valence-electron chi connectivity index (χ2n) is 3.61. The van der Waals surface area contributed by atoms with Crippen LogP contribution in [0.2, 0.25) is 0 Å². The normalized spacial score (nSPS) is 13.9. The molecule has 0 amide bonds. The predicted molar refractivity (Wildman–Crippen MR) is 71.8 cm³/mol. The van der Waals surface area contributed by atoms with Crippen molar-refractivity contribution in [3.05, 3.63) is 0 Å². The van der Waals surface area contributed by atoms with Crippen LogP contribution in [0.15, 0.2) is 0 Å². The Hall–Kier alpha value is 0.0169. The topological polar surface area (TPSA) is 65.7 Å². The van der Waals surface area contributed by atoms with E-state index < -0.39 is 8.80 Å². The summed E-state index contributed by atoms with van der Waals surface area (Å²) in [5.41, 5.74) is 5.64. The summed E-state index contributed by atoms with van der Waals surface area (Å²) in [5.74, 6) is 0. The zero-order valence-electron chi connectivity index (χ0n) is 11.6. The van der Waals surface area contributed by atoms with Crippen molar-refractivity contribution in [2.24, 2.45) is 5.73 Å². The molecule has 0 aliphatic rings. The Morgan fingerprint density at radius 2 is 1.47 bits per heavy atom. The highest BCUT2D eigenvalue weighted by Crippen LogP contribution is 2.17. The lowest BCUT2D eigenvalue weighted by Crippen LogP contribution is -2.62. The first-order chi connectivity index (χ1) is 8.20. The Kier molecular flexibility index (Phi) is 10.00.